The zero-order valence-corrected chi connectivity index (χ0v) is 12.0. The Morgan fingerprint density at radius 3 is 2.15 bits per heavy atom. The van der Waals surface area contributed by atoms with E-state index >= 15 is 0 Å². The van der Waals surface area contributed by atoms with E-state index < -0.39 is 11.9 Å². The number of amides is 2. The predicted octanol–water partition coefficient (Wildman–Crippen LogP) is -0.352. The van der Waals surface area contributed by atoms with E-state index in [4.69, 9.17) is 10.8 Å². The Morgan fingerprint density at radius 2 is 1.70 bits per heavy atom. The molecule has 1 aliphatic rings. The molecule has 1 rings (SSSR count). The Bertz CT molecular complexity index is 360. The van der Waals surface area contributed by atoms with Gasteiger partial charge in [-0.15, -0.1) is 0 Å². The van der Waals surface area contributed by atoms with Crippen molar-refractivity contribution in [3.63, 3.8) is 0 Å². The van der Waals surface area contributed by atoms with Gasteiger partial charge in [-0.2, -0.15) is 0 Å². The monoisotopic (exact) mass is 285 g/mol. The van der Waals surface area contributed by atoms with E-state index in [2.05, 4.69) is 0 Å². The fourth-order valence-corrected chi connectivity index (χ4v) is 2.77. The highest BCUT2D eigenvalue weighted by atomic mass is 16.4. The van der Waals surface area contributed by atoms with E-state index in [1.165, 1.54) is 4.90 Å². The summed E-state index contributed by atoms with van der Waals surface area (Å²) in [6.45, 7) is 3.29. The van der Waals surface area contributed by atoms with Crippen LogP contribution in [0.4, 0.5) is 0 Å². The molecule has 3 N–H and O–H groups in total. The summed E-state index contributed by atoms with van der Waals surface area (Å²) < 4.78 is 0. The lowest BCUT2D eigenvalue weighted by Gasteiger charge is -2.40. The predicted molar refractivity (Wildman–Crippen MR) is 72.9 cm³/mol. The van der Waals surface area contributed by atoms with Crippen molar-refractivity contribution in [2.24, 2.45) is 5.73 Å². The van der Waals surface area contributed by atoms with Gasteiger partial charge in [-0.05, 0) is 33.1 Å². The molecular formula is C13H23N3O4. The van der Waals surface area contributed by atoms with E-state index in [0.717, 1.165) is 19.3 Å². The van der Waals surface area contributed by atoms with Crippen LogP contribution in [0.15, 0.2) is 0 Å². The fraction of sp³-hybridized carbons (Fsp3) is 0.769. The summed E-state index contributed by atoms with van der Waals surface area (Å²) in [7, 11) is 0. The molecule has 0 aromatic carbocycles. The number of primary amides is 1. The van der Waals surface area contributed by atoms with Crippen molar-refractivity contribution < 1.29 is 19.5 Å². The van der Waals surface area contributed by atoms with Gasteiger partial charge >= 0.3 is 5.97 Å². The van der Waals surface area contributed by atoms with Gasteiger partial charge in [0.2, 0.25) is 11.8 Å². The van der Waals surface area contributed by atoms with Gasteiger partial charge in [-0.25, -0.2) is 0 Å². The molecule has 0 spiro atoms. The van der Waals surface area contributed by atoms with Crippen molar-refractivity contribution in [1.29, 1.82) is 0 Å². The molecule has 0 saturated carbocycles. The fourth-order valence-electron chi connectivity index (χ4n) is 2.77. The van der Waals surface area contributed by atoms with E-state index in [1.54, 1.807) is 4.90 Å². The average molecular weight is 285 g/mol. The van der Waals surface area contributed by atoms with Crippen molar-refractivity contribution in [3.05, 3.63) is 0 Å². The van der Waals surface area contributed by atoms with Crippen LogP contribution >= 0.6 is 0 Å². The van der Waals surface area contributed by atoms with E-state index in [0.29, 0.717) is 0 Å². The van der Waals surface area contributed by atoms with Gasteiger partial charge in [0.1, 0.15) is 0 Å². The van der Waals surface area contributed by atoms with Crippen molar-refractivity contribution >= 4 is 17.8 Å². The zero-order valence-electron chi connectivity index (χ0n) is 12.0. The molecule has 1 fully saturated rings. The highest BCUT2D eigenvalue weighted by Gasteiger charge is 2.30. The van der Waals surface area contributed by atoms with Gasteiger partial charge in [-0.1, -0.05) is 0 Å². The van der Waals surface area contributed by atoms with Crippen molar-refractivity contribution in [2.75, 3.05) is 19.6 Å². The number of carboxylic acids is 1. The van der Waals surface area contributed by atoms with Crippen LogP contribution in [0.1, 0.15) is 33.1 Å². The molecule has 0 aliphatic carbocycles. The van der Waals surface area contributed by atoms with Crippen LogP contribution in [0.25, 0.3) is 0 Å². The first-order valence-electron chi connectivity index (χ1n) is 6.85. The third-order valence-corrected chi connectivity index (χ3v) is 3.58. The summed E-state index contributed by atoms with van der Waals surface area (Å²) in [5, 5.41) is 8.81. The Morgan fingerprint density at radius 1 is 1.15 bits per heavy atom. The number of hydrogen-bond acceptors (Lipinski definition) is 4. The molecule has 1 aliphatic heterocycles. The first-order valence-corrected chi connectivity index (χ1v) is 6.85. The SMILES string of the molecule is CC1CCCC(C)N1C(=O)CN(CC(N)=O)CC(=O)O. The number of nitrogens with zero attached hydrogens (tertiary/aromatic N) is 2. The number of nitrogens with two attached hydrogens (primary N) is 1. The van der Waals surface area contributed by atoms with Crippen LogP contribution in [0.2, 0.25) is 0 Å². The second-order valence-corrected chi connectivity index (χ2v) is 5.44. The van der Waals surface area contributed by atoms with E-state index in [-0.39, 0.29) is 37.6 Å². The minimum Gasteiger partial charge on any atom is -0.480 e. The number of aliphatic carboxylic acids is 1. The van der Waals surface area contributed by atoms with Gasteiger partial charge in [0.15, 0.2) is 0 Å². The standard InChI is InChI=1S/C13H23N3O4/c1-9-4-3-5-10(2)16(9)12(18)7-15(6-11(14)17)8-13(19)20/h9-10H,3-8H2,1-2H3,(H2,14,17)(H,19,20). The van der Waals surface area contributed by atoms with Crippen molar-refractivity contribution in [3.8, 4) is 0 Å². The lowest BCUT2D eigenvalue weighted by atomic mass is 9.97. The maximum atomic E-state index is 12.3. The maximum Gasteiger partial charge on any atom is 0.317 e. The topological polar surface area (TPSA) is 104 Å². The minimum absolute atomic E-state index is 0.0933. The summed E-state index contributed by atoms with van der Waals surface area (Å²) in [5.41, 5.74) is 5.08. The summed E-state index contributed by atoms with van der Waals surface area (Å²) in [6, 6.07) is 0.290. The summed E-state index contributed by atoms with van der Waals surface area (Å²) in [6.07, 6.45) is 2.99. The molecule has 7 heteroatoms. The Hall–Kier alpha value is -1.63. The zero-order chi connectivity index (χ0) is 15.3. The lowest BCUT2D eigenvalue weighted by Crippen LogP contribution is -2.52. The van der Waals surface area contributed by atoms with Crippen LogP contribution in [0.3, 0.4) is 0 Å². The van der Waals surface area contributed by atoms with Gasteiger partial charge < -0.3 is 15.7 Å². The molecule has 114 valence electrons. The van der Waals surface area contributed by atoms with Crippen LogP contribution in [0, 0.1) is 0 Å². The first-order chi connectivity index (χ1) is 9.31. The van der Waals surface area contributed by atoms with Gasteiger partial charge in [-0.3, -0.25) is 19.3 Å². The van der Waals surface area contributed by atoms with Crippen molar-refractivity contribution in [2.45, 2.75) is 45.2 Å². The number of piperidine rings is 1. The van der Waals surface area contributed by atoms with Crippen LogP contribution < -0.4 is 5.73 Å². The van der Waals surface area contributed by atoms with Crippen LogP contribution in [0.5, 0.6) is 0 Å². The van der Waals surface area contributed by atoms with Gasteiger partial charge in [0.25, 0.3) is 0 Å². The van der Waals surface area contributed by atoms with Crippen LogP contribution in [-0.2, 0) is 14.4 Å². The minimum atomic E-state index is -1.08. The van der Waals surface area contributed by atoms with Gasteiger partial charge in [0, 0.05) is 12.1 Å². The molecule has 2 amide bonds. The third kappa shape index (κ3) is 4.80. The molecule has 1 saturated heterocycles. The summed E-state index contributed by atoms with van der Waals surface area (Å²) >= 11 is 0. The third-order valence-electron chi connectivity index (χ3n) is 3.58. The Labute approximate surface area is 118 Å². The highest BCUT2D eigenvalue weighted by Crippen LogP contribution is 2.22. The van der Waals surface area contributed by atoms with Crippen molar-refractivity contribution in [1.82, 2.24) is 9.80 Å². The van der Waals surface area contributed by atoms with Gasteiger partial charge in [0.05, 0.1) is 19.6 Å². The molecule has 0 radical (unpaired) electrons. The largest absolute Gasteiger partial charge is 0.480 e. The summed E-state index contributed by atoms with van der Waals surface area (Å²) in [5.74, 6) is -1.87. The first kappa shape index (κ1) is 16.4. The Balaban J connectivity index is 2.68. The molecule has 2 unspecified atom stereocenters. The molecule has 1 heterocycles. The molecule has 20 heavy (non-hydrogen) atoms. The second kappa shape index (κ2) is 7.23. The van der Waals surface area contributed by atoms with E-state index in [9.17, 15) is 14.4 Å². The quantitative estimate of drug-likeness (QED) is 0.694. The molecule has 2 atom stereocenters. The number of carbonyl (C=O) groups excluding carboxylic acids is 2. The molecular weight excluding hydrogens is 262 g/mol. The number of rotatable bonds is 6. The van der Waals surface area contributed by atoms with E-state index in [1.807, 2.05) is 13.8 Å². The smallest absolute Gasteiger partial charge is 0.317 e. The summed E-state index contributed by atoms with van der Waals surface area (Å²) in [4.78, 5) is 37.1. The number of likely N-dealkylation sites (tertiary alicyclic amines) is 1. The highest BCUT2D eigenvalue weighted by molar-refractivity contribution is 5.82. The molecule has 0 bridgehead atoms. The number of carboxylic acid groups (broad SMARTS) is 1. The lowest BCUT2D eigenvalue weighted by molar-refractivity contribution is -0.142. The maximum absolute atomic E-state index is 12.3. The molecule has 7 nitrogen and oxygen atoms in total. The Kier molecular flexibility index (Phi) is 5.94. The normalized spacial score (nSPS) is 22.9. The molecule has 0 aromatic heterocycles. The van der Waals surface area contributed by atoms with Crippen LogP contribution in [-0.4, -0.2) is 64.4 Å². The number of carbonyl (C=O) groups is 3. The average Bonchev–Trinajstić information content (AvgIpc) is 2.26. The number of hydrogen-bond donors (Lipinski definition) is 2. The molecule has 0 aromatic rings. The second-order valence-electron chi connectivity index (χ2n) is 5.44.